The summed E-state index contributed by atoms with van der Waals surface area (Å²) in [6.07, 6.45) is 0. The van der Waals surface area contributed by atoms with Crippen molar-refractivity contribution in [3.63, 3.8) is 0 Å². The molecular weight excluding hydrogens is 371 g/mol. The van der Waals surface area contributed by atoms with E-state index in [-0.39, 0.29) is 5.97 Å². The van der Waals surface area contributed by atoms with Crippen LogP contribution in [-0.4, -0.2) is 38.1 Å². The van der Waals surface area contributed by atoms with Crippen molar-refractivity contribution in [2.24, 2.45) is 0 Å². The molecule has 3 nitrogen and oxygen atoms in total. The van der Waals surface area contributed by atoms with E-state index in [4.69, 9.17) is 9.47 Å². The zero-order chi connectivity index (χ0) is 15.6. The van der Waals surface area contributed by atoms with Gasteiger partial charge < -0.3 is 0 Å². The van der Waals surface area contributed by atoms with Crippen LogP contribution in [0.3, 0.4) is 0 Å². The molecule has 2 rings (SSSR count). The molecule has 4 heteroatoms. The minimum absolute atomic E-state index is 0.251. The van der Waals surface area contributed by atoms with Crippen molar-refractivity contribution in [2.75, 3.05) is 13.7 Å². The van der Waals surface area contributed by atoms with Gasteiger partial charge >= 0.3 is 130 Å². The van der Waals surface area contributed by atoms with Crippen LogP contribution >= 0.6 is 0 Å². The Balaban J connectivity index is 2.70. The van der Waals surface area contributed by atoms with Gasteiger partial charge in [0.1, 0.15) is 0 Å². The Kier molecular flexibility index (Phi) is 4.81. The van der Waals surface area contributed by atoms with Crippen molar-refractivity contribution < 1.29 is 14.3 Å². The summed E-state index contributed by atoms with van der Waals surface area (Å²) in [5, 5.41) is 2.27. The molecule has 0 atom stereocenters. The molecule has 2 aromatic rings. The molecule has 0 aliphatic heterocycles. The van der Waals surface area contributed by atoms with Crippen molar-refractivity contribution in [2.45, 2.75) is 21.7 Å². The number of fused-ring (bicyclic) bond motifs is 1. The fraction of sp³-hybridized carbons (Fsp3) is 0.353. The first-order chi connectivity index (χ1) is 9.86. The van der Waals surface area contributed by atoms with Gasteiger partial charge in [-0.3, -0.25) is 0 Å². The summed E-state index contributed by atoms with van der Waals surface area (Å²) < 4.78 is 11.8. The average molecular weight is 393 g/mol. The first-order valence-corrected chi connectivity index (χ1v) is 17.1. The van der Waals surface area contributed by atoms with Gasteiger partial charge in [0.05, 0.1) is 0 Å². The second-order valence-electron chi connectivity index (χ2n) is 6.08. The second-order valence-corrected chi connectivity index (χ2v) is 20.5. The van der Waals surface area contributed by atoms with E-state index in [2.05, 4.69) is 20.9 Å². The molecule has 112 valence electrons. The molecule has 0 bridgehead atoms. The summed E-state index contributed by atoms with van der Waals surface area (Å²) in [4.78, 5) is 19.1. The topological polar surface area (TPSA) is 35.5 Å². The van der Waals surface area contributed by atoms with Crippen molar-refractivity contribution >= 4 is 38.7 Å². The molecule has 0 aliphatic rings. The van der Waals surface area contributed by atoms with Gasteiger partial charge in [0, 0.05) is 0 Å². The Hall–Kier alpha value is -1.23. The maximum atomic E-state index is 12.1. The monoisotopic (exact) mass is 394 g/mol. The molecule has 0 spiro atoms. The summed E-state index contributed by atoms with van der Waals surface area (Å²) in [7, 11) is 1.65. The number of rotatable bonds is 4. The summed E-state index contributed by atoms with van der Waals surface area (Å²) >= 11 is -2.35. The summed E-state index contributed by atoms with van der Waals surface area (Å²) in [6, 6.07) is 9.99. The Bertz CT molecular complexity index is 672. The van der Waals surface area contributed by atoms with Gasteiger partial charge in [0.2, 0.25) is 0 Å². The van der Waals surface area contributed by atoms with Crippen LogP contribution in [-0.2, 0) is 4.74 Å². The summed E-state index contributed by atoms with van der Waals surface area (Å²) in [6.45, 7) is 2.22. The van der Waals surface area contributed by atoms with Gasteiger partial charge in [-0.2, -0.15) is 0 Å². The average Bonchev–Trinajstić information content (AvgIpc) is 2.44. The second kappa shape index (κ2) is 6.26. The fourth-order valence-corrected chi connectivity index (χ4v) is 7.06. The maximum absolute atomic E-state index is 12.1. The van der Waals surface area contributed by atoms with Gasteiger partial charge in [-0.1, -0.05) is 0 Å². The van der Waals surface area contributed by atoms with Crippen LogP contribution in [0.5, 0.6) is 5.75 Å². The first kappa shape index (κ1) is 16.1. The molecule has 0 aromatic heterocycles. The molecule has 0 radical (unpaired) electrons. The molecule has 0 N–H and O–H groups in total. The normalized spacial score (nSPS) is 11.5. The SMILES string of the molecule is CCOC(=O)c1c[c]([Sn]([CH3])([CH3])[CH3])c2ccc(OC)cc2c1. The molecule has 0 aliphatic carbocycles. The number of methoxy groups -OCH3 is 1. The van der Waals surface area contributed by atoms with E-state index >= 15 is 0 Å². The van der Waals surface area contributed by atoms with Crippen LogP contribution in [0.4, 0.5) is 0 Å². The van der Waals surface area contributed by atoms with E-state index in [0.29, 0.717) is 12.2 Å². The third-order valence-corrected chi connectivity index (χ3v) is 9.27. The third-order valence-electron chi connectivity index (χ3n) is 3.48. The number of hydrogen-bond donors (Lipinski definition) is 0. The molecule has 0 amide bonds. The number of carbonyl (C=O) groups excluding carboxylic acids is 1. The van der Waals surface area contributed by atoms with E-state index in [1.165, 1.54) is 8.97 Å². The number of benzene rings is 2. The van der Waals surface area contributed by atoms with Crippen molar-refractivity contribution in [3.05, 3.63) is 35.9 Å². The summed E-state index contributed by atoms with van der Waals surface area (Å²) in [5.74, 6) is 0.553. The Morgan fingerprint density at radius 1 is 1.14 bits per heavy atom. The molecular formula is C17H22O3Sn. The Morgan fingerprint density at radius 3 is 2.43 bits per heavy atom. The predicted octanol–water partition coefficient (Wildman–Crippen LogP) is 3.57. The third kappa shape index (κ3) is 3.51. The quantitative estimate of drug-likeness (QED) is 0.589. The standard InChI is InChI=1S/C14H13O3.3CH3.Sn/c1-3-17-14(15)11-5-4-10-6-7-13(16-2)9-12(10)8-11;;;;/h5-9H,3H2,1-2H3;3*1H3;. The van der Waals surface area contributed by atoms with Crippen LogP contribution in [0, 0.1) is 0 Å². The van der Waals surface area contributed by atoms with E-state index in [9.17, 15) is 4.79 Å². The van der Waals surface area contributed by atoms with E-state index < -0.39 is 18.4 Å². The van der Waals surface area contributed by atoms with E-state index in [1.807, 2.05) is 31.2 Å². The van der Waals surface area contributed by atoms with Crippen LogP contribution in [0.15, 0.2) is 30.3 Å². The number of ether oxygens (including phenoxy) is 2. The number of hydrogen-bond acceptors (Lipinski definition) is 3. The van der Waals surface area contributed by atoms with Gasteiger partial charge in [-0.05, 0) is 0 Å². The summed E-state index contributed by atoms with van der Waals surface area (Å²) in [5.41, 5.74) is 0.638. The molecule has 0 fully saturated rings. The van der Waals surface area contributed by atoms with E-state index in [0.717, 1.165) is 11.1 Å². The van der Waals surface area contributed by atoms with Gasteiger partial charge in [-0.15, -0.1) is 0 Å². The minimum atomic E-state index is -2.35. The zero-order valence-electron chi connectivity index (χ0n) is 13.3. The predicted molar refractivity (Wildman–Crippen MR) is 89.4 cm³/mol. The first-order valence-electron chi connectivity index (χ1n) is 7.16. The van der Waals surface area contributed by atoms with Crippen molar-refractivity contribution in [1.29, 1.82) is 0 Å². The molecule has 21 heavy (non-hydrogen) atoms. The van der Waals surface area contributed by atoms with E-state index in [1.54, 1.807) is 7.11 Å². The van der Waals surface area contributed by atoms with Crippen molar-refractivity contribution in [3.8, 4) is 5.75 Å². The molecule has 0 saturated carbocycles. The van der Waals surface area contributed by atoms with Crippen LogP contribution in [0.2, 0.25) is 14.8 Å². The fourth-order valence-electron chi connectivity index (χ4n) is 2.43. The van der Waals surface area contributed by atoms with Crippen molar-refractivity contribution in [1.82, 2.24) is 0 Å². The van der Waals surface area contributed by atoms with Gasteiger partial charge in [0.15, 0.2) is 0 Å². The number of esters is 1. The molecule has 0 saturated heterocycles. The van der Waals surface area contributed by atoms with Gasteiger partial charge in [-0.25, -0.2) is 0 Å². The van der Waals surface area contributed by atoms with Gasteiger partial charge in [0.25, 0.3) is 0 Å². The van der Waals surface area contributed by atoms with Crippen LogP contribution in [0.25, 0.3) is 10.8 Å². The van der Waals surface area contributed by atoms with Crippen LogP contribution < -0.4 is 8.32 Å². The zero-order valence-corrected chi connectivity index (χ0v) is 16.2. The molecule has 0 heterocycles. The Labute approximate surface area is 130 Å². The Morgan fingerprint density at radius 2 is 1.86 bits per heavy atom. The number of carbonyl (C=O) groups is 1. The van der Waals surface area contributed by atoms with Crippen LogP contribution in [0.1, 0.15) is 17.3 Å². The molecule has 0 unspecified atom stereocenters. The molecule has 2 aromatic carbocycles.